The highest BCUT2D eigenvalue weighted by molar-refractivity contribution is 5.83. The SMILES string of the molecule is CC[C@@H]1[C@@H](C)OC([C@@H](C)[C@H](O)[C@H](C)[C@H]2OC(=O)/C=C/C=C/[C@H](C)[C@@H]([C@@H](C)[C@@H](O)[C@H](C)[C@@]3(O)C[C@@H](O[C@H]4C[C@H](O)[C@H](O)[C@H](C)O4)[C@H](CC)[C@@H](C)O3)OC(=O)/C=C/C=C/[C@@H]2C)=C[C@H]1O[C@H]1C[C@H](O)[C@H](O)[C@H](C)O1. The fourth-order valence-corrected chi connectivity index (χ4v) is 11.1. The number of aliphatic hydroxyl groups excluding tert-OH is 6. The Kier molecular flexibility index (Phi) is 21.5. The summed E-state index contributed by atoms with van der Waals surface area (Å²) in [4.78, 5) is 27.0. The lowest BCUT2D eigenvalue weighted by Gasteiger charge is -2.50. The number of hydrogen-bond acceptors (Lipinski definition) is 17. The molecule has 5 aliphatic heterocycles. The van der Waals surface area contributed by atoms with E-state index in [9.17, 15) is 45.3 Å². The van der Waals surface area contributed by atoms with Crippen LogP contribution < -0.4 is 0 Å². The second-order valence-corrected chi connectivity index (χ2v) is 21.1. The molecule has 17 nitrogen and oxygen atoms in total. The molecule has 7 N–H and O–H groups in total. The number of carbonyl (C=O) groups is 2. The second kappa shape index (κ2) is 25.9. The average Bonchev–Trinajstić information content (AvgIpc) is 3.31. The molecule has 0 saturated carbocycles. The van der Waals surface area contributed by atoms with Crippen molar-refractivity contribution < 1.29 is 83.2 Å². The van der Waals surface area contributed by atoms with Gasteiger partial charge in [0.15, 0.2) is 18.4 Å². The van der Waals surface area contributed by atoms with Gasteiger partial charge >= 0.3 is 11.9 Å². The first-order chi connectivity index (χ1) is 33.4. The molecule has 0 aromatic heterocycles. The van der Waals surface area contributed by atoms with Gasteiger partial charge < -0.3 is 73.6 Å². The van der Waals surface area contributed by atoms with E-state index < -0.39 is 145 Å². The first-order valence-corrected chi connectivity index (χ1v) is 26.0. The van der Waals surface area contributed by atoms with Crippen molar-refractivity contribution in [3.63, 3.8) is 0 Å². The largest absolute Gasteiger partial charge is 0.495 e. The maximum atomic E-state index is 13.5. The Labute approximate surface area is 420 Å². The summed E-state index contributed by atoms with van der Waals surface area (Å²) in [5, 5.41) is 77.4. The lowest BCUT2D eigenvalue weighted by Crippen LogP contribution is -2.59. The van der Waals surface area contributed by atoms with Crippen molar-refractivity contribution in [2.24, 2.45) is 47.3 Å². The Morgan fingerprint density at radius 1 is 0.648 bits per heavy atom. The summed E-state index contributed by atoms with van der Waals surface area (Å²) in [5.41, 5.74) is 0. The van der Waals surface area contributed by atoms with E-state index in [1.54, 1.807) is 58.9 Å². The Morgan fingerprint density at radius 3 is 1.61 bits per heavy atom. The highest BCUT2D eigenvalue weighted by Gasteiger charge is 2.52. The molecule has 0 aliphatic carbocycles. The molecule has 5 rings (SSSR count). The first-order valence-electron chi connectivity index (χ1n) is 26.0. The van der Waals surface area contributed by atoms with Gasteiger partial charge in [0.25, 0.3) is 0 Å². The molecule has 3 saturated heterocycles. The van der Waals surface area contributed by atoms with E-state index in [-0.39, 0.29) is 37.2 Å². The Morgan fingerprint density at radius 2 is 1.13 bits per heavy atom. The number of aliphatic hydroxyl groups is 7. The zero-order valence-electron chi connectivity index (χ0n) is 43.8. The van der Waals surface area contributed by atoms with Crippen molar-refractivity contribution in [1.29, 1.82) is 0 Å². The molecule has 5 heterocycles. The van der Waals surface area contributed by atoms with Gasteiger partial charge in [-0.05, 0) is 46.6 Å². The molecule has 0 bridgehead atoms. The fraction of sp³-hybridized carbons (Fsp3) is 0.778. The van der Waals surface area contributed by atoms with E-state index in [1.807, 2.05) is 54.5 Å². The number of cyclic esters (lactones) is 2. The van der Waals surface area contributed by atoms with Crippen LogP contribution in [0.4, 0.5) is 0 Å². The molecule has 5 aliphatic rings. The van der Waals surface area contributed by atoms with Gasteiger partial charge in [0, 0.05) is 78.8 Å². The summed E-state index contributed by atoms with van der Waals surface area (Å²) in [6.45, 7) is 21.8. The molecule has 3 fully saturated rings. The number of carbonyl (C=O) groups excluding carboxylic acids is 2. The van der Waals surface area contributed by atoms with Crippen LogP contribution in [-0.4, -0.2) is 152 Å². The minimum absolute atomic E-state index is 0.0166. The Balaban J connectivity index is 1.28. The van der Waals surface area contributed by atoms with Crippen LogP contribution in [0.25, 0.3) is 0 Å². The molecule has 0 amide bonds. The van der Waals surface area contributed by atoms with Crippen molar-refractivity contribution in [2.45, 2.75) is 219 Å². The maximum absolute atomic E-state index is 13.5. The van der Waals surface area contributed by atoms with E-state index in [2.05, 4.69) is 0 Å². The van der Waals surface area contributed by atoms with Gasteiger partial charge in [0.1, 0.15) is 36.3 Å². The predicted molar refractivity (Wildman–Crippen MR) is 261 cm³/mol. The standard InChI is InChI=1S/C54H86O17/c1-13-37-33(9)64-41(25-42(37)67-46-23-39(55)50(61)35(11)65-46)29(5)48(59)30(6)52-27(3)19-15-17-22-45(58)70-53(28(4)20-16-18-21-44(57)69-52)31(7)49(60)32(8)54(63)26-43(38(14-2)34(10)71-54)68-47-24-40(56)51(62)36(12)66-47/h15-22,25,27-40,42-43,46-53,55-56,59-63H,13-14,23-24,26H2,1-12H3/b19-15+,20-16+,21-18+,22-17+/t27-,28-,29+,30-,31-,32-,33+,34+,35-,36-,37+,38+,39-,40-,42+,43+,46-,47-,48-,49+,50+,51+,52-,53-,54+/m0/s1. The summed E-state index contributed by atoms with van der Waals surface area (Å²) < 4.78 is 49.3. The number of esters is 2. The topological polar surface area (TPSA) is 250 Å². The van der Waals surface area contributed by atoms with E-state index >= 15 is 0 Å². The van der Waals surface area contributed by atoms with E-state index in [0.29, 0.717) is 12.2 Å². The van der Waals surface area contributed by atoms with Crippen molar-refractivity contribution in [3.8, 4) is 0 Å². The third-order valence-corrected chi connectivity index (χ3v) is 15.9. The molecule has 0 radical (unpaired) electrons. The van der Waals surface area contributed by atoms with Gasteiger partial charge in [-0.2, -0.15) is 0 Å². The smallest absolute Gasteiger partial charge is 0.331 e. The monoisotopic (exact) mass is 1010 g/mol. The number of ether oxygens (including phenoxy) is 8. The molecule has 404 valence electrons. The number of hydrogen-bond donors (Lipinski definition) is 7. The summed E-state index contributed by atoms with van der Waals surface area (Å²) in [5.74, 6) is -6.63. The van der Waals surface area contributed by atoms with Crippen molar-refractivity contribution in [2.75, 3.05) is 0 Å². The molecule has 0 unspecified atom stereocenters. The normalized spacial score (nSPS) is 44.2. The van der Waals surface area contributed by atoms with Crippen LogP contribution in [0.15, 0.2) is 60.4 Å². The Hall–Kier alpha value is -3.04. The van der Waals surface area contributed by atoms with E-state index in [0.717, 1.165) is 6.42 Å². The van der Waals surface area contributed by atoms with Crippen LogP contribution >= 0.6 is 0 Å². The molecule has 0 spiro atoms. The molecule has 71 heavy (non-hydrogen) atoms. The first kappa shape index (κ1) is 58.8. The lowest BCUT2D eigenvalue weighted by atomic mass is 9.76. The van der Waals surface area contributed by atoms with Crippen LogP contribution in [0.3, 0.4) is 0 Å². The van der Waals surface area contributed by atoms with Gasteiger partial charge in [-0.1, -0.05) is 91.8 Å². The summed E-state index contributed by atoms with van der Waals surface area (Å²) >= 11 is 0. The third kappa shape index (κ3) is 14.6. The number of allylic oxidation sites excluding steroid dienone is 4. The van der Waals surface area contributed by atoms with Crippen molar-refractivity contribution >= 4 is 11.9 Å². The molecule has 25 atom stereocenters. The molecule has 17 heteroatoms. The summed E-state index contributed by atoms with van der Waals surface area (Å²) in [7, 11) is 0. The van der Waals surface area contributed by atoms with E-state index in [4.69, 9.17) is 37.9 Å². The third-order valence-electron chi connectivity index (χ3n) is 15.9. The second-order valence-electron chi connectivity index (χ2n) is 21.1. The van der Waals surface area contributed by atoms with Crippen LogP contribution in [0.1, 0.15) is 115 Å². The quantitative estimate of drug-likeness (QED) is 0.114. The molecule has 0 aromatic carbocycles. The number of rotatable bonds is 14. The van der Waals surface area contributed by atoms with Crippen LogP contribution in [0.5, 0.6) is 0 Å². The van der Waals surface area contributed by atoms with Crippen molar-refractivity contribution in [3.05, 3.63) is 60.4 Å². The summed E-state index contributed by atoms with van der Waals surface area (Å²) in [6, 6.07) is 0. The van der Waals surface area contributed by atoms with Crippen LogP contribution in [0.2, 0.25) is 0 Å². The predicted octanol–water partition coefficient (Wildman–Crippen LogP) is 4.92. The fourth-order valence-electron chi connectivity index (χ4n) is 11.1. The average molecular weight is 1010 g/mol. The van der Waals surface area contributed by atoms with Crippen LogP contribution in [-0.2, 0) is 47.5 Å². The lowest BCUT2D eigenvalue weighted by molar-refractivity contribution is -0.344. The highest BCUT2D eigenvalue weighted by Crippen LogP contribution is 2.43. The minimum atomic E-state index is -1.87. The van der Waals surface area contributed by atoms with Gasteiger partial charge in [-0.15, -0.1) is 0 Å². The Bertz CT molecular complexity index is 1850. The van der Waals surface area contributed by atoms with E-state index in [1.165, 1.54) is 24.3 Å². The van der Waals surface area contributed by atoms with Crippen molar-refractivity contribution in [1.82, 2.24) is 0 Å². The molecule has 0 aromatic rings. The van der Waals surface area contributed by atoms with Crippen LogP contribution in [0, 0.1) is 47.3 Å². The minimum Gasteiger partial charge on any atom is -0.495 e. The van der Waals surface area contributed by atoms with Gasteiger partial charge in [0.2, 0.25) is 0 Å². The molecular formula is C54H86O17. The van der Waals surface area contributed by atoms with Gasteiger partial charge in [-0.3, -0.25) is 0 Å². The highest BCUT2D eigenvalue weighted by atomic mass is 16.7. The van der Waals surface area contributed by atoms with Gasteiger partial charge in [-0.25, -0.2) is 9.59 Å². The van der Waals surface area contributed by atoms with Gasteiger partial charge in [0.05, 0.1) is 54.9 Å². The maximum Gasteiger partial charge on any atom is 0.331 e. The summed E-state index contributed by atoms with van der Waals surface area (Å²) in [6.07, 6.45) is 2.92. The molecular weight excluding hydrogens is 921 g/mol. The zero-order chi connectivity index (χ0) is 52.6. The zero-order valence-corrected chi connectivity index (χ0v) is 43.8.